The number of ether oxygens (including phenoxy) is 1. The molecule has 0 amide bonds. The minimum Gasteiger partial charge on any atom is -0.436 e. The third kappa shape index (κ3) is 6.09. The molecule has 0 aliphatic carbocycles. The number of anilines is 2. The predicted octanol–water partition coefficient (Wildman–Crippen LogP) is 6.32. The maximum absolute atomic E-state index is 14.0. The molecule has 47 heavy (non-hydrogen) atoms. The Bertz CT molecular complexity index is 2300. The number of sulfonamides is 1. The average Bonchev–Trinajstić information content (AvgIpc) is 3.60. The molecule has 16 heteroatoms. The van der Waals surface area contributed by atoms with E-state index < -0.39 is 38.3 Å². The Labute approximate surface area is 264 Å². The lowest BCUT2D eigenvalue weighted by atomic mass is 10.1. The fourth-order valence-electron chi connectivity index (χ4n) is 4.76. The summed E-state index contributed by atoms with van der Waals surface area (Å²) in [4.78, 5) is 23.4. The van der Waals surface area contributed by atoms with Crippen LogP contribution in [0.15, 0.2) is 84.3 Å². The van der Waals surface area contributed by atoms with Gasteiger partial charge in [-0.25, -0.2) is 22.5 Å². The van der Waals surface area contributed by atoms with Gasteiger partial charge in [0.15, 0.2) is 11.6 Å². The second-order valence-corrected chi connectivity index (χ2v) is 12.2. The molecule has 4 heterocycles. The van der Waals surface area contributed by atoms with E-state index in [0.717, 1.165) is 6.20 Å². The largest absolute Gasteiger partial charge is 0.436 e. The zero-order valence-electron chi connectivity index (χ0n) is 24.4. The van der Waals surface area contributed by atoms with E-state index in [1.807, 2.05) is 0 Å². The van der Waals surface area contributed by atoms with Gasteiger partial charge in [0.1, 0.15) is 10.7 Å². The van der Waals surface area contributed by atoms with Crippen LogP contribution in [0, 0.1) is 19.7 Å². The van der Waals surface area contributed by atoms with Crippen LogP contribution in [-0.2, 0) is 16.2 Å². The number of aromatic amines is 1. The molecule has 0 atom stereocenters. The lowest BCUT2D eigenvalue weighted by Gasteiger charge is -2.12. The summed E-state index contributed by atoms with van der Waals surface area (Å²) in [6.45, 7) is 3.34. The molecule has 11 nitrogen and oxygen atoms in total. The number of aryl methyl sites for hydroxylation is 2. The molecule has 0 aliphatic rings. The summed E-state index contributed by atoms with van der Waals surface area (Å²) in [5.74, 6) is -0.900. The van der Waals surface area contributed by atoms with Gasteiger partial charge in [0, 0.05) is 29.4 Å². The number of alkyl halides is 3. The lowest BCUT2D eigenvalue weighted by Crippen LogP contribution is -2.15. The number of nitrogens with two attached hydrogens (primary N) is 1. The highest BCUT2D eigenvalue weighted by Gasteiger charge is 2.32. The Morgan fingerprint density at radius 2 is 1.77 bits per heavy atom. The van der Waals surface area contributed by atoms with Crippen LogP contribution in [0.4, 0.5) is 29.1 Å². The Kier molecular flexibility index (Phi) is 7.67. The first kappa shape index (κ1) is 31.2. The first-order chi connectivity index (χ1) is 22.2. The summed E-state index contributed by atoms with van der Waals surface area (Å²) in [5.41, 5.74) is 7.27. The van der Waals surface area contributed by atoms with E-state index in [-0.39, 0.29) is 34.4 Å². The number of pyridine rings is 2. The van der Waals surface area contributed by atoms with Gasteiger partial charge in [-0.3, -0.25) is 14.5 Å². The second-order valence-electron chi connectivity index (χ2n) is 10.5. The number of carbonyl (C=O) groups excluding carboxylic acids is 1. The van der Waals surface area contributed by atoms with E-state index in [4.69, 9.17) is 10.5 Å². The highest BCUT2D eigenvalue weighted by atomic mass is 32.2. The first-order valence-electron chi connectivity index (χ1n) is 13.7. The summed E-state index contributed by atoms with van der Waals surface area (Å²) < 4.78 is 88.4. The monoisotopic (exact) mass is 665 g/mol. The maximum atomic E-state index is 14.0. The minimum absolute atomic E-state index is 0.00436. The van der Waals surface area contributed by atoms with E-state index in [1.54, 1.807) is 38.1 Å². The van der Waals surface area contributed by atoms with Crippen LogP contribution in [0.1, 0.15) is 32.7 Å². The fourth-order valence-corrected chi connectivity index (χ4v) is 5.87. The zero-order chi connectivity index (χ0) is 33.7. The minimum atomic E-state index is -4.78. The smallest absolute Gasteiger partial charge is 0.417 e. The van der Waals surface area contributed by atoms with Gasteiger partial charge in [-0.05, 0) is 61.4 Å². The molecule has 0 fully saturated rings. The molecular formula is C31H23F4N7O4S. The number of nitrogens with one attached hydrogen (secondary N) is 2. The van der Waals surface area contributed by atoms with E-state index in [1.165, 1.54) is 41.3 Å². The molecule has 4 aromatic heterocycles. The van der Waals surface area contributed by atoms with Crippen molar-refractivity contribution < 1.29 is 35.5 Å². The number of halogens is 4. The Morgan fingerprint density at radius 3 is 2.49 bits per heavy atom. The standard InChI is InChI=1S/C31H23F4N7O4S/c1-16-7-18-9-25(40-24(18)11-23(16)41-47(44,45)20-10-19(12-37-13-20)31(33,34)35)29(43)21-14-39-42(30(21)36)26-15-38-28(8-17(26)2)46-27-6-4-3-5-22(27)32/h3-15,40-41H,36H2,1-2H3. The highest BCUT2D eigenvalue weighted by Crippen LogP contribution is 2.32. The third-order valence-electron chi connectivity index (χ3n) is 7.19. The molecule has 0 saturated heterocycles. The molecule has 0 spiro atoms. The van der Waals surface area contributed by atoms with Crippen molar-refractivity contribution in [2.24, 2.45) is 0 Å². The molecule has 0 radical (unpaired) electrons. The van der Waals surface area contributed by atoms with E-state index in [0.29, 0.717) is 40.0 Å². The van der Waals surface area contributed by atoms with Crippen LogP contribution in [0.5, 0.6) is 11.6 Å². The number of fused-ring (bicyclic) bond motifs is 1. The number of nitrogen functional groups attached to an aromatic ring is 1. The first-order valence-corrected chi connectivity index (χ1v) is 15.2. The van der Waals surface area contributed by atoms with Crippen molar-refractivity contribution in [3.8, 4) is 17.3 Å². The molecule has 0 bridgehead atoms. The summed E-state index contributed by atoms with van der Waals surface area (Å²) >= 11 is 0. The number of hydrogen-bond donors (Lipinski definition) is 3. The maximum Gasteiger partial charge on any atom is 0.417 e. The number of H-pyrrole nitrogens is 1. The van der Waals surface area contributed by atoms with Crippen LogP contribution >= 0.6 is 0 Å². The SMILES string of the molecule is Cc1cc2cc(C(=O)c3cnn(-c4cnc(Oc5ccccc5F)cc4C)c3N)[nH]c2cc1NS(=O)(=O)c1cncc(C(F)(F)F)c1. The second kappa shape index (κ2) is 11.5. The van der Waals surface area contributed by atoms with E-state index in [2.05, 4.69) is 24.8 Å². The molecule has 240 valence electrons. The van der Waals surface area contributed by atoms with Gasteiger partial charge >= 0.3 is 6.18 Å². The van der Waals surface area contributed by atoms with Gasteiger partial charge in [-0.2, -0.15) is 18.3 Å². The topological polar surface area (TPSA) is 158 Å². The quantitative estimate of drug-likeness (QED) is 0.126. The van der Waals surface area contributed by atoms with Crippen LogP contribution in [0.2, 0.25) is 0 Å². The highest BCUT2D eigenvalue weighted by molar-refractivity contribution is 7.92. The molecule has 6 aromatic rings. The fraction of sp³-hybridized carbons (Fsp3) is 0.0968. The predicted molar refractivity (Wildman–Crippen MR) is 163 cm³/mol. The van der Waals surface area contributed by atoms with Gasteiger partial charge in [0.25, 0.3) is 10.0 Å². The van der Waals surface area contributed by atoms with Crippen LogP contribution in [0.25, 0.3) is 16.6 Å². The van der Waals surface area contributed by atoms with Crippen molar-refractivity contribution >= 4 is 38.2 Å². The molecule has 2 aromatic carbocycles. The molecule has 6 rings (SSSR count). The summed E-state index contributed by atoms with van der Waals surface area (Å²) in [5, 5.41) is 4.82. The van der Waals surface area contributed by atoms with Crippen LogP contribution in [-0.4, -0.2) is 38.9 Å². The number of aromatic nitrogens is 5. The van der Waals surface area contributed by atoms with E-state index >= 15 is 0 Å². The van der Waals surface area contributed by atoms with Gasteiger partial charge < -0.3 is 15.5 Å². The van der Waals surface area contributed by atoms with Crippen molar-refractivity contribution in [2.45, 2.75) is 24.9 Å². The Hall–Kier alpha value is -5.77. The number of benzene rings is 2. The normalized spacial score (nSPS) is 12.0. The van der Waals surface area contributed by atoms with Gasteiger partial charge in [0.05, 0.1) is 40.6 Å². The number of carbonyl (C=O) groups is 1. The van der Waals surface area contributed by atoms with Crippen molar-refractivity contribution in [1.82, 2.24) is 24.7 Å². The van der Waals surface area contributed by atoms with Gasteiger partial charge in [-0.15, -0.1) is 0 Å². The van der Waals surface area contributed by atoms with Crippen molar-refractivity contribution in [2.75, 3.05) is 10.5 Å². The third-order valence-corrected chi connectivity index (χ3v) is 8.53. The molecule has 0 saturated carbocycles. The molecular weight excluding hydrogens is 642 g/mol. The molecule has 0 aliphatic heterocycles. The molecule has 4 N–H and O–H groups in total. The number of rotatable bonds is 8. The van der Waals surface area contributed by atoms with Crippen molar-refractivity contribution in [3.63, 3.8) is 0 Å². The molecule has 0 unspecified atom stereocenters. The number of ketones is 1. The Balaban J connectivity index is 1.25. The Morgan fingerprint density at radius 1 is 1.00 bits per heavy atom. The number of nitrogens with zero attached hydrogens (tertiary/aromatic N) is 4. The summed E-state index contributed by atoms with van der Waals surface area (Å²) in [6.07, 6.45) is -0.719. The van der Waals surface area contributed by atoms with E-state index in [9.17, 15) is 30.8 Å². The summed E-state index contributed by atoms with van der Waals surface area (Å²) in [6, 6.07) is 12.5. The summed E-state index contributed by atoms with van der Waals surface area (Å²) in [7, 11) is -4.44. The van der Waals surface area contributed by atoms with Crippen molar-refractivity contribution in [1.29, 1.82) is 0 Å². The van der Waals surface area contributed by atoms with Crippen LogP contribution in [0.3, 0.4) is 0 Å². The zero-order valence-corrected chi connectivity index (χ0v) is 25.2. The number of hydrogen-bond acceptors (Lipinski definition) is 8. The van der Waals surface area contributed by atoms with Crippen molar-refractivity contribution in [3.05, 3.63) is 113 Å². The van der Waals surface area contributed by atoms with Gasteiger partial charge in [-0.1, -0.05) is 12.1 Å². The lowest BCUT2D eigenvalue weighted by molar-refractivity contribution is -0.138. The average molecular weight is 666 g/mol. The number of para-hydroxylation sites is 1. The van der Waals surface area contributed by atoms with Gasteiger partial charge in [0.2, 0.25) is 11.7 Å². The van der Waals surface area contributed by atoms with Crippen LogP contribution < -0.4 is 15.2 Å².